The summed E-state index contributed by atoms with van der Waals surface area (Å²) in [6.45, 7) is 3.99. The molecule has 0 aliphatic carbocycles. The second kappa shape index (κ2) is 9.40. The van der Waals surface area contributed by atoms with Crippen LogP contribution in [0.25, 0.3) is 0 Å². The van der Waals surface area contributed by atoms with Crippen LogP contribution in [0.2, 0.25) is 0 Å². The van der Waals surface area contributed by atoms with Crippen molar-refractivity contribution in [2.45, 2.75) is 32.2 Å². The van der Waals surface area contributed by atoms with Gasteiger partial charge in [-0.2, -0.15) is 13.2 Å². The lowest BCUT2D eigenvalue weighted by Gasteiger charge is -2.24. The molecule has 9 heteroatoms. The van der Waals surface area contributed by atoms with Gasteiger partial charge in [0.25, 0.3) is 0 Å². The number of ether oxygens (including phenoxy) is 1. The first kappa shape index (κ1) is 22.9. The monoisotopic (exact) mass is 463 g/mol. The fraction of sp³-hybridized carbons (Fsp3) is 0.533. The molecular formula is C15H22F4IN3O. The number of methoxy groups -OCH3 is 1. The molecule has 0 fully saturated rings. The van der Waals surface area contributed by atoms with Crippen molar-refractivity contribution in [3.05, 3.63) is 35.1 Å². The summed E-state index contributed by atoms with van der Waals surface area (Å²) >= 11 is 0. The van der Waals surface area contributed by atoms with Crippen LogP contribution in [-0.4, -0.2) is 32.3 Å². The summed E-state index contributed by atoms with van der Waals surface area (Å²) in [7, 11) is 3.07. The number of nitrogens with one attached hydrogen (secondary N) is 2. The average Bonchev–Trinajstić information content (AvgIpc) is 2.47. The molecule has 4 nitrogen and oxygen atoms in total. The molecule has 1 rings (SSSR count). The van der Waals surface area contributed by atoms with Gasteiger partial charge in [-0.3, -0.25) is 4.99 Å². The maximum atomic E-state index is 13.1. The summed E-state index contributed by atoms with van der Waals surface area (Å²) < 4.78 is 57.1. The van der Waals surface area contributed by atoms with Crippen molar-refractivity contribution >= 4 is 29.9 Å². The summed E-state index contributed by atoms with van der Waals surface area (Å²) in [5, 5.41) is 5.73. The van der Waals surface area contributed by atoms with Crippen LogP contribution in [0.5, 0.6) is 0 Å². The van der Waals surface area contributed by atoms with E-state index in [-0.39, 0.29) is 36.1 Å². The van der Waals surface area contributed by atoms with Gasteiger partial charge in [0.15, 0.2) is 5.96 Å². The van der Waals surface area contributed by atoms with Crippen molar-refractivity contribution < 1.29 is 22.3 Å². The molecule has 0 heterocycles. The number of hydrogen-bond acceptors (Lipinski definition) is 2. The molecular weight excluding hydrogens is 441 g/mol. The molecule has 24 heavy (non-hydrogen) atoms. The van der Waals surface area contributed by atoms with E-state index in [1.54, 1.807) is 7.11 Å². The minimum absolute atomic E-state index is 0. The molecule has 0 atom stereocenters. The molecule has 0 amide bonds. The third kappa shape index (κ3) is 7.20. The Morgan fingerprint density at radius 2 is 1.83 bits per heavy atom. The van der Waals surface area contributed by atoms with E-state index in [2.05, 4.69) is 15.6 Å². The van der Waals surface area contributed by atoms with Crippen LogP contribution in [0.3, 0.4) is 0 Å². The highest BCUT2D eigenvalue weighted by atomic mass is 127. The fourth-order valence-corrected chi connectivity index (χ4v) is 1.74. The zero-order valence-corrected chi connectivity index (χ0v) is 16.3. The number of benzene rings is 1. The van der Waals surface area contributed by atoms with E-state index in [9.17, 15) is 17.6 Å². The van der Waals surface area contributed by atoms with Gasteiger partial charge in [-0.15, -0.1) is 24.0 Å². The Morgan fingerprint density at radius 3 is 2.33 bits per heavy atom. The van der Waals surface area contributed by atoms with E-state index in [1.165, 1.54) is 7.05 Å². The van der Waals surface area contributed by atoms with E-state index in [0.29, 0.717) is 18.6 Å². The molecule has 0 aliphatic heterocycles. The molecule has 1 aromatic rings. The fourth-order valence-electron chi connectivity index (χ4n) is 1.74. The minimum atomic E-state index is -4.62. The molecule has 0 aromatic heterocycles. The lowest BCUT2D eigenvalue weighted by molar-refractivity contribution is -0.138. The van der Waals surface area contributed by atoms with Gasteiger partial charge in [0, 0.05) is 27.2 Å². The zero-order chi connectivity index (χ0) is 17.7. The molecule has 0 radical (unpaired) electrons. The van der Waals surface area contributed by atoms with Gasteiger partial charge in [-0.25, -0.2) is 4.39 Å². The summed E-state index contributed by atoms with van der Waals surface area (Å²) in [5.41, 5.74) is -1.52. The largest absolute Gasteiger partial charge is 0.416 e. The van der Waals surface area contributed by atoms with Crippen LogP contribution in [0.15, 0.2) is 23.2 Å². The topological polar surface area (TPSA) is 45.7 Å². The van der Waals surface area contributed by atoms with Crippen molar-refractivity contribution in [3.8, 4) is 0 Å². The molecule has 0 unspecified atom stereocenters. The number of nitrogens with zero attached hydrogens (tertiary/aromatic N) is 1. The van der Waals surface area contributed by atoms with Gasteiger partial charge >= 0.3 is 6.18 Å². The van der Waals surface area contributed by atoms with Crippen molar-refractivity contribution in [1.29, 1.82) is 0 Å². The van der Waals surface area contributed by atoms with Crippen LogP contribution < -0.4 is 10.6 Å². The summed E-state index contributed by atoms with van der Waals surface area (Å²) in [6.07, 6.45) is -4.62. The third-order valence-electron chi connectivity index (χ3n) is 3.28. The Balaban J connectivity index is 0.00000529. The Morgan fingerprint density at radius 1 is 1.21 bits per heavy atom. The van der Waals surface area contributed by atoms with Crippen LogP contribution in [0, 0.1) is 5.82 Å². The Labute approximate surface area is 156 Å². The first-order valence-electron chi connectivity index (χ1n) is 6.94. The summed E-state index contributed by atoms with van der Waals surface area (Å²) in [6, 6.07) is 2.59. The number of halogens is 5. The highest BCUT2D eigenvalue weighted by Crippen LogP contribution is 2.32. The number of alkyl halides is 3. The molecule has 0 bridgehead atoms. The zero-order valence-electron chi connectivity index (χ0n) is 13.9. The van der Waals surface area contributed by atoms with Crippen molar-refractivity contribution in [1.82, 2.24) is 10.6 Å². The van der Waals surface area contributed by atoms with E-state index in [4.69, 9.17) is 4.74 Å². The Bertz CT molecular complexity index is 562. The minimum Gasteiger partial charge on any atom is -0.377 e. The first-order valence-corrected chi connectivity index (χ1v) is 6.94. The van der Waals surface area contributed by atoms with Crippen molar-refractivity contribution in [3.63, 3.8) is 0 Å². The van der Waals surface area contributed by atoms with Crippen LogP contribution in [0.4, 0.5) is 17.6 Å². The predicted octanol–water partition coefficient (Wildman–Crippen LogP) is 3.55. The number of aliphatic imine (C=N–C) groups is 1. The maximum absolute atomic E-state index is 13.1. The van der Waals surface area contributed by atoms with Crippen LogP contribution in [0.1, 0.15) is 25.0 Å². The van der Waals surface area contributed by atoms with E-state index < -0.39 is 23.2 Å². The van der Waals surface area contributed by atoms with Crippen molar-refractivity contribution in [2.75, 3.05) is 20.7 Å². The highest BCUT2D eigenvalue weighted by molar-refractivity contribution is 14.0. The van der Waals surface area contributed by atoms with Gasteiger partial charge in [0.2, 0.25) is 0 Å². The number of guanidine groups is 1. The second-order valence-electron chi connectivity index (χ2n) is 5.54. The maximum Gasteiger partial charge on any atom is 0.416 e. The SMILES string of the molecule is CN=C(NCc1ccc(F)cc1C(F)(F)F)NCC(C)(C)OC.I. The number of hydrogen-bond donors (Lipinski definition) is 2. The smallest absolute Gasteiger partial charge is 0.377 e. The normalized spacial score (nSPS) is 12.6. The van der Waals surface area contributed by atoms with Crippen LogP contribution >= 0.6 is 24.0 Å². The first-order chi connectivity index (χ1) is 10.6. The molecule has 138 valence electrons. The Hall–Kier alpha value is -1.10. The van der Waals surface area contributed by atoms with Gasteiger partial charge in [-0.05, 0) is 31.5 Å². The second-order valence-corrected chi connectivity index (χ2v) is 5.54. The molecule has 0 saturated heterocycles. The third-order valence-corrected chi connectivity index (χ3v) is 3.28. The highest BCUT2D eigenvalue weighted by Gasteiger charge is 2.33. The van der Waals surface area contributed by atoms with E-state index in [1.807, 2.05) is 13.8 Å². The molecule has 0 spiro atoms. The van der Waals surface area contributed by atoms with Crippen molar-refractivity contribution in [2.24, 2.45) is 4.99 Å². The lowest BCUT2D eigenvalue weighted by atomic mass is 10.1. The quantitative estimate of drug-likeness (QED) is 0.304. The Kier molecular flexibility index (Phi) is 8.97. The predicted molar refractivity (Wildman–Crippen MR) is 96.1 cm³/mol. The molecule has 0 aliphatic rings. The van der Waals surface area contributed by atoms with Gasteiger partial charge in [-0.1, -0.05) is 6.07 Å². The molecule has 1 aromatic carbocycles. The molecule has 2 N–H and O–H groups in total. The van der Waals surface area contributed by atoms with Crippen LogP contribution in [-0.2, 0) is 17.5 Å². The van der Waals surface area contributed by atoms with Gasteiger partial charge in [0.1, 0.15) is 5.82 Å². The lowest BCUT2D eigenvalue weighted by Crippen LogP contribution is -2.45. The van der Waals surface area contributed by atoms with E-state index in [0.717, 1.165) is 12.1 Å². The van der Waals surface area contributed by atoms with Gasteiger partial charge in [0.05, 0.1) is 11.2 Å². The average molecular weight is 463 g/mol. The van der Waals surface area contributed by atoms with E-state index >= 15 is 0 Å². The summed E-state index contributed by atoms with van der Waals surface area (Å²) in [4.78, 5) is 3.93. The van der Waals surface area contributed by atoms with Gasteiger partial charge < -0.3 is 15.4 Å². The summed E-state index contributed by atoms with van der Waals surface area (Å²) in [5.74, 6) is -0.599. The number of rotatable bonds is 5. The molecule has 0 saturated carbocycles. The standard InChI is InChI=1S/C15H21F4N3O.HI/c1-14(2,23-4)9-22-13(20-3)21-8-10-5-6-11(16)7-12(10)15(17,18)19;/h5-7H,8-9H2,1-4H3,(H2,20,21,22);1H.